The van der Waals surface area contributed by atoms with E-state index in [4.69, 9.17) is 9.84 Å². The summed E-state index contributed by atoms with van der Waals surface area (Å²) in [5, 5.41) is 14.4. The Balaban J connectivity index is 1.76. The van der Waals surface area contributed by atoms with E-state index in [0.717, 1.165) is 5.56 Å². The van der Waals surface area contributed by atoms with Gasteiger partial charge in [-0.25, -0.2) is 4.79 Å². The molecule has 148 valence electrons. The summed E-state index contributed by atoms with van der Waals surface area (Å²) in [7, 11) is 0. The topological polar surface area (TPSA) is 108 Å². The lowest BCUT2D eigenvalue weighted by Crippen LogP contribution is -2.45. The summed E-state index contributed by atoms with van der Waals surface area (Å²) < 4.78 is 5.21. The van der Waals surface area contributed by atoms with Gasteiger partial charge in [-0.1, -0.05) is 30.3 Å². The number of nitrogens with zero attached hydrogens (tertiary/aromatic N) is 1. The van der Waals surface area contributed by atoms with Gasteiger partial charge in [0.05, 0.1) is 13.2 Å². The molecule has 2 rings (SSSR count). The van der Waals surface area contributed by atoms with E-state index in [1.807, 2.05) is 30.3 Å². The molecule has 27 heavy (non-hydrogen) atoms. The average molecular weight is 377 g/mol. The third kappa shape index (κ3) is 8.08. The number of aliphatic carboxylic acids is 1. The summed E-state index contributed by atoms with van der Waals surface area (Å²) in [4.78, 5) is 36.8. The van der Waals surface area contributed by atoms with Crippen LogP contribution >= 0.6 is 0 Å². The van der Waals surface area contributed by atoms with Crippen molar-refractivity contribution < 1.29 is 24.2 Å². The maximum Gasteiger partial charge on any atom is 0.315 e. The Hall–Kier alpha value is -2.61. The lowest BCUT2D eigenvalue weighted by atomic mass is 10.0. The quantitative estimate of drug-likeness (QED) is 0.595. The summed E-state index contributed by atoms with van der Waals surface area (Å²) in [6.07, 6.45) is 1.10. The highest BCUT2D eigenvalue weighted by molar-refractivity contribution is 5.78. The molecule has 3 amide bonds. The minimum atomic E-state index is -0.897. The lowest BCUT2D eigenvalue weighted by Gasteiger charge is -2.27. The third-order valence-electron chi connectivity index (χ3n) is 4.36. The molecule has 0 bridgehead atoms. The van der Waals surface area contributed by atoms with Crippen LogP contribution in [0.25, 0.3) is 0 Å². The summed E-state index contributed by atoms with van der Waals surface area (Å²) in [5.74, 6) is -0.906. The Morgan fingerprint density at radius 3 is 2.48 bits per heavy atom. The van der Waals surface area contributed by atoms with E-state index in [9.17, 15) is 14.4 Å². The second kappa shape index (κ2) is 11.2. The monoisotopic (exact) mass is 377 g/mol. The maximum atomic E-state index is 12.1. The first kappa shape index (κ1) is 20.7. The summed E-state index contributed by atoms with van der Waals surface area (Å²) >= 11 is 0. The second-order valence-electron chi connectivity index (χ2n) is 6.46. The number of morpholine rings is 1. The summed E-state index contributed by atoms with van der Waals surface area (Å²) in [6.45, 7) is 2.49. The number of nitrogens with one attached hydrogen (secondary N) is 2. The highest BCUT2D eigenvalue weighted by Crippen LogP contribution is 2.08. The zero-order chi connectivity index (χ0) is 19.5. The zero-order valence-electron chi connectivity index (χ0n) is 15.4. The van der Waals surface area contributed by atoms with E-state index in [1.54, 1.807) is 4.90 Å². The van der Waals surface area contributed by atoms with Gasteiger partial charge in [0, 0.05) is 38.5 Å². The average Bonchev–Trinajstić information content (AvgIpc) is 2.67. The van der Waals surface area contributed by atoms with Crippen LogP contribution in [0.2, 0.25) is 0 Å². The predicted molar refractivity (Wildman–Crippen MR) is 99.4 cm³/mol. The number of amides is 3. The molecule has 0 spiro atoms. The number of hydrogen-bond acceptors (Lipinski definition) is 4. The smallest absolute Gasteiger partial charge is 0.315 e. The van der Waals surface area contributed by atoms with Crippen molar-refractivity contribution in [3.8, 4) is 0 Å². The van der Waals surface area contributed by atoms with Crippen LogP contribution in [0.1, 0.15) is 24.8 Å². The Labute approximate surface area is 158 Å². The Morgan fingerprint density at radius 1 is 1.11 bits per heavy atom. The van der Waals surface area contributed by atoms with Crippen molar-refractivity contribution in [2.75, 3.05) is 32.8 Å². The van der Waals surface area contributed by atoms with Gasteiger partial charge in [-0.05, 0) is 18.4 Å². The number of rotatable bonds is 9. The van der Waals surface area contributed by atoms with Gasteiger partial charge in [-0.3, -0.25) is 9.59 Å². The van der Waals surface area contributed by atoms with Crippen molar-refractivity contribution >= 4 is 17.9 Å². The molecule has 1 heterocycles. The molecule has 0 radical (unpaired) electrons. The lowest BCUT2D eigenvalue weighted by molar-refractivity contribution is -0.137. The molecule has 8 nitrogen and oxygen atoms in total. The minimum Gasteiger partial charge on any atom is -0.481 e. The first-order valence-corrected chi connectivity index (χ1v) is 9.20. The highest BCUT2D eigenvalue weighted by atomic mass is 16.5. The zero-order valence-corrected chi connectivity index (χ0v) is 15.4. The Morgan fingerprint density at radius 2 is 1.81 bits per heavy atom. The molecule has 1 aromatic carbocycles. The van der Waals surface area contributed by atoms with Gasteiger partial charge in [-0.2, -0.15) is 0 Å². The summed E-state index contributed by atoms with van der Waals surface area (Å²) in [6, 6.07) is 8.90. The first-order valence-electron chi connectivity index (χ1n) is 9.20. The molecule has 1 aliphatic heterocycles. The van der Waals surface area contributed by atoms with Crippen LogP contribution in [0, 0.1) is 0 Å². The van der Waals surface area contributed by atoms with Crippen LogP contribution in [-0.4, -0.2) is 66.8 Å². The molecule has 8 heteroatoms. The number of benzene rings is 1. The van der Waals surface area contributed by atoms with Gasteiger partial charge >= 0.3 is 12.0 Å². The number of urea groups is 1. The van der Waals surface area contributed by atoms with Crippen LogP contribution in [0.4, 0.5) is 4.79 Å². The van der Waals surface area contributed by atoms with Gasteiger partial charge in [0.1, 0.15) is 0 Å². The number of carboxylic acids is 1. The number of carboxylic acid groups (broad SMARTS) is 1. The van der Waals surface area contributed by atoms with Crippen molar-refractivity contribution in [3.63, 3.8) is 0 Å². The highest BCUT2D eigenvalue weighted by Gasteiger charge is 2.18. The van der Waals surface area contributed by atoms with Crippen LogP contribution in [-0.2, 0) is 20.7 Å². The SMILES string of the molecule is O=C(O)CCC(Cc1ccccc1)NC(=O)NCCC(=O)N1CCOCC1. The first-order chi connectivity index (χ1) is 13.0. The molecule has 1 unspecified atom stereocenters. The molecule has 0 aliphatic carbocycles. The predicted octanol–water partition coefficient (Wildman–Crippen LogP) is 1.01. The standard InChI is InChI=1S/C19H27N3O5/c23-17(22-10-12-27-13-11-22)8-9-20-19(26)21-16(6-7-18(24)25)14-15-4-2-1-3-5-15/h1-5,16H,6-14H2,(H,24,25)(H2,20,21,26). The number of carbonyl (C=O) groups is 3. The molecular weight excluding hydrogens is 350 g/mol. The number of hydrogen-bond donors (Lipinski definition) is 3. The molecule has 1 atom stereocenters. The summed E-state index contributed by atoms with van der Waals surface area (Å²) in [5.41, 5.74) is 1.02. The Bertz CT molecular complexity index is 617. The van der Waals surface area contributed by atoms with Gasteiger partial charge < -0.3 is 25.4 Å². The van der Waals surface area contributed by atoms with Crippen molar-refractivity contribution in [1.29, 1.82) is 0 Å². The Kier molecular flexibility index (Phi) is 8.57. The van der Waals surface area contributed by atoms with Crippen molar-refractivity contribution in [2.24, 2.45) is 0 Å². The van der Waals surface area contributed by atoms with E-state index < -0.39 is 12.0 Å². The van der Waals surface area contributed by atoms with Gasteiger partial charge in [0.15, 0.2) is 0 Å². The molecule has 1 aliphatic rings. The van der Waals surface area contributed by atoms with E-state index in [-0.39, 0.29) is 31.3 Å². The fourth-order valence-corrected chi connectivity index (χ4v) is 2.91. The largest absolute Gasteiger partial charge is 0.481 e. The van der Waals surface area contributed by atoms with Crippen LogP contribution < -0.4 is 10.6 Å². The van der Waals surface area contributed by atoms with E-state index in [2.05, 4.69) is 10.6 Å². The fourth-order valence-electron chi connectivity index (χ4n) is 2.91. The van der Waals surface area contributed by atoms with Crippen molar-refractivity contribution in [1.82, 2.24) is 15.5 Å². The minimum absolute atomic E-state index is 0.00897. The normalized spacial score (nSPS) is 15.0. The molecule has 3 N–H and O–H groups in total. The molecule has 0 aromatic heterocycles. The number of carbonyl (C=O) groups excluding carboxylic acids is 2. The van der Waals surface area contributed by atoms with E-state index >= 15 is 0 Å². The van der Waals surface area contributed by atoms with Crippen molar-refractivity contribution in [2.45, 2.75) is 31.7 Å². The van der Waals surface area contributed by atoms with Crippen molar-refractivity contribution in [3.05, 3.63) is 35.9 Å². The maximum absolute atomic E-state index is 12.1. The molecule has 0 saturated carbocycles. The molecule has 1 fully saturated rings. The number of ether oxygens (including phenoxy) is 1. The molecule has 1 aromatic rings. The fraction of sp³-hybridized carbons (Fsp3) is 0.526. The van der Waals surface area contributed by atoms with Crippen LogP contribution in [0.5, 0.6) is 0 Å². The van der Waals surface area contributed by atoms with Gasteiger partial charge in [0.2, 0.25) is 5.91 Å². The van der Waals surface area contributed by atoms with Crippen LogP contribution in [0.15, 0.2) is 30.3 Å². The van der Waals surface area contributed by atoms with Gasteiger partial charge in [-0.15, -0.1) is 0 Å². The second-order valence-corrected chi connectivity index (χ2v) is 6.46. The van der Waals surface area contributed by atoms with Gasteiger partial charge in [0.25, 0.3) is 0 Å². The van der Waals surface area contributed by atoms with E-state index in [1.165, 1.54) is 0 Å². The van der Waals surface area contributed by atoms with Crippen LogP contribution in [0.3, 0.4) is 0 Å². The molecule has 1 saturated heterocycles. The van der Waals surface area contributed by atoms with E-state index in [0.29, 0.717) is 39.1 Å². The third-order valence-corrected chi connectivity index (χ3v) is 4.36. The molecular formula is C19H27N3O5.